The first-order chi connectivity index (χ1) is 16.4. The van der Waals surface area contributed by atoms with Gasteiger partial charge in [-0.1, -0.05) is 13.2 Å². The fourth-order valence-electron chi connectivity index (χ4n) is 2.63. The van der Waals surface area contributed by atoms with E-state index in [1.54, 1.807) is 27.7 Å². The van der Waals surface area contributed by atoms with Gasteiger partial charge in [-0.15, -0.1) is 0 Å². The van der Waals surface area contributed by atoms with Gasteiger partial charge >= 0.3 is 11.9 Å². The van der Waals surface area contributed by atoms with Crippen LogP contribution in [0.4, 0.5) is 0 Å². The minimum Gasteiger partial charge on any atom is -0.490 e. The van der Waals surface area contributed by atoms with Gasteiger partial charge in [-0.3, -0.25) is 0 Å². The lowest BCUT2D eigenvalue weighted by Crippen LogP contribution is -2.22. The molecule has 0 saturated carbocycles. The average molecular weight is 503 g/mol. The third-order valence-corrected chi connectivity index (χ3v) is 6.34. The molecule has 0 radical (unpaired) electrons. The molecule has 0 bridgehead atoms. The van der Waals surface area contributed by atoms with Crippen molar-refractivity contribution in [3.8, 4) is 11.5 Å². The Morgan fingerprint density at radius 2 is 1.03 bits per heavy atom. The second kappa shape index (κ2) is 12.2. The first-order valence-corrected chi connectivity index (χ1v) is 12.3. The predicted octanol–water partition coefficient (Wildman–Crippen LogP) is 4.29. The van der Waals surface area contributed by atoms with Gasteiger partial charge in [-0.05, 0) is 76.2 Å². The van der Waals surface area contributed by atoms with Crippen LogP contribution in [0.25, 0.3) is 0 Å². The molecule has 0 fully saturated rings. The van der Waals surface area contributed by atoms with Gasteiger partial charge in [-0.25, -0.2) is 18.0 Å². The zero-order valence-electron chi connectivity index (χ0n) is 20.3. The number of rotatable bonds is 12. The first kappa shape index (κ1) is 27.7. The smallest absolute Gasteiger partial charge is 0.333 e. The molecule has 0 aliphatic carbocycles. The molecule has 188 valence electrons. The molecule has 2 atom stereocenters. The lowest BCUT2D eigenvalue weighted by molar-refractivity contribution is -0.145. The maximum atomic E-state index is 12.9. The van der Waals surface area contributed by atoms with Crippen LogP contribution in [0.2, 0.25) is 0 Å². The summed E-state index contributed by atoms with van der Waals surface area (Å²) in [6.07, 6.45) is -0.992. The Kier molecular flexibility index (Phi) is 9.65. The molecule has 2 aromatic rings. The normalized spacial score (nSPS) is 12.7. The molecule has 0 amide bonds. The van der Waals surface area contributed by atoms with Gasteiger partial charge in [0.2, 0.25) is 9.84 Å². The number of sulfone groups is 1. The Balaban J connectivity index is 1.95. The van der Waals surface area contributed by atoms with Gasteiger partial charge in [-0.2, -0.15) is 0 Å². The number of carbonyl (C=O) groups is 2. The number of ether oxygens (including phenoxy) is 4. The molecule has 0 aliphatic rings. The van der Waals surface area contributed by atoms with E-state index in [0.717, 1.165) is 0 Å². The van der Waals surface area contributed by atoms with E-state index in [0.29, 0.717) is 22.6 Å². The van der Waals surface area contributed by atoms with Gasteiger partial charge in [0, 0.05) is 11.1 Å². The highest BCUT2D eigenvalue weighted by atomic mass is 32.2. The summed E-state index contributed by atoms with van der Waals surface area (Å²) < 4.78 is 47.3. The molecule has 0 saturated heterocycles. The van der Waals surface area contributed by atoms with E-state index in [1.807, 2.05) is 0 Å². The Morgan fingerprint density at radius 3 is 1.31 bits per heavy atom. The summed E-state index contributed by atoms with van der Waals surface area (Å²) in [5.74, 6) is -0.126. The van der Waals surface area contributed by atoms with Crippen molar-refractivity contribution in [3.63, 3.8) is 0 Å². The summed E-state index contributed by atoms with van der Waals surface area (Å²) in [6, 6.07) is 11.9. The molecule has 2 unspecified atom stereocenters. The Labute approximate surface area is 206 Å². The monoisotopic (exact) mass is 502 g/mol. The first-order valence-electron chi connectivity index (χ1n) is 10.8. The van der Waals surface area contributed by atoms with Crippen molar-refractivity contribution in [1.29, 1.82) is 0 Å². The number of carbonyl (C=O) groups excluding carboxylic acids is 2. The van der Waals surface area contributed by atoms with E-state index in [2.05, 4.69) is 13.2 Å². The van der Waals surface area contributed by atoms with Gasteiger partial charge in [0.15, 0.2) is 0 Å². The standard InChI is InChI=1S/C26H30O8S/c1-17(2)25(27)33-19(5)15-31-21-7-11-23(12-8-21)35(29,30)24-13-9-22(10-14-24)32-16-20(6)34-26(28)18(3)4/h7-14,19-20H,1,3,15-16H2,2,4-6H3. The summed E-state index contributed by atoms with van der Waals surface area (Å²) in [5.41, 5.74) is 0.592. The highest BCUT2D eigenvalue weighted by molar-refractivity contribution is 7.91. The number of esters is 2. The lowest BCUT2D eigenvalue weighted by atomic mass is 10.3. The van der Waals surface area contributed by atoms with E-state index in [4.69, 9.17) is 18.9 Å². The molecular formula is C26H30O8S. The van der Waals surface area contributed by atoms with Crippen LogP contribution in [0.5, 0.6) is 11.5 Å². The van der Waals surface area contributed by atoms with Crippen molar-refractivity contribution in [2.45, 2.75) is 49.7 Å². The number of benzene rings is 2. The lowest BCUT2D eigenvalue weighted by Gasteiger charge is -2.15. The van der Waals surface area contributed by atoms with Crippen LogP contribution in [-0.4, -0.2) is 45.8 Å². The van der Waals surface area contributed by atoms with E-state index >= 15 is 0 Å². The largest absolute Gasteiger partial charge is 0.490 e. The van der Waals surface area contributed by atoms with Crippen molar-refractivity contribution in [2.24, 2.45) is 0 Å². The highest BCUT2D eigenvalue weighted by Gasteiger charge is 2.18. The van der Waals surface area contributed by atoms with Crippen molar-refractivity contribution in [2.75, 3.05) is 13.2 Å². The third kappa shape index (κ3) is 8.29. The molecule has 2 aromatic carbocycles. The zero-order chi connectivity index (χ0) is 26.2. The quantitative estimate of drug-likeness (QED) is 0.313. The van der Waals surface area contributed by atoms with Gasteiger partial charge < -0.3 is 18.9 Å². The molecule has 0 spiro atoms. The van der Waals surface area contributed by atoms with Crippen LogP contribution in [0.1, 0.15) is 27.7 Å². The molecule has 0 heterocycles. The summed E-state index contributed by atoms with van der Waals surface area (Å²) in [6.45, 7) is 13.7. The maximum absolute atomic E-state index is 12.9. The summed E-state index contributed by atoms with van der Waals surface area (Å²) in [5, 5.41) is 0. The molecule has 0 aromatic heterocycles. The topological polar surface area (TPSA) is 105 Å². The van der Waals surface area contributed by atoms with E-state index in [1.165, 1.54) is 48.5 Å². The maximum Gasteiger partial charge on any atom is 0.333 e. The van der Waals surface area contributed by atoms with Crippen LogP contribution in [0, 0.1) is 0 Å². The fourth-order valence-corrected chi connectivity index (χ4v) is 3.89. The molecule has 2 rings (SSSR count). The number of hydrogen-bond acceptors (Lipinski definition) is 8. The van der Waals surface area contributed by atoms with Crippen molar-refractivity contribution in [3.05, 3.63) is 72.8 Å². The van der Waals surface area contributed by atoms with Crippen LogP contribution in [0.3, 0.4) is 0 Å². The Morgan fingerprint density at radius 1 is 0.714 bits per heavy atom. The van der Waals surface area contributed by atoms with Crippen molar-refractivity contribution < 1.29 is 37.0 Å². The van der Waals surface area contributed by atoms with Gasteiger partial charge in [0.25, 0.3) is 0 Å². The Bertz CT molecular complexity index is 1080. The summed E-state index contributed by atoms with van der Waals surface area (Å²) in [4.78, 5) is 23.3. The third-order valence-electron chi connectivity index (χ3n) is 4.55. The summed E-state index contributed by atoms with van der Waals surface area (Å²) >= 11 is 0. The second-order valence-electron chi connectivity index (χ2n) is 8.06. The zero-order valence-corrected chi connectivity index (χ0v) is 21.1. The fraction of sp³-hybridized carbons (Fsp3) is 0.308. The predicted molar refractivity (Wildman–Crippen MR) is 130 cm³/mol. The van der Waals surface area contributed by atoms with Crippen LogP contribution in [0.15, 0.2) is 82.6 Å². The molecule has 9 heteroatoms. The molecule has 0 aliphatic heterocycles. The number of hydrogen-bond donors (Lipinski definition) is 0. The van der Waals surface area contributed by atoms with E-state index in [9.17, 15) is 18.0 Å². The average Bonchev–Trinajstić information content (AvgIpc) is 2.81. The molecule has 8 nitrogen and oxygen atoms in total. The highest BCUT2D eigenvalue weighted by Crippen LogP contribution is 2.25. The molecule has 35 heavy (non-hydrogen) atoms. The minimum atomic E-state index is -3.76. The summed E-state index contributed by atoms with van der Waals surface area (Å²) in [7, 11) is -3.76. The van der Waals surface area contributed by atoms with E-state index < -0.39 is 34.0 Å². The van der Waals surface area contributed by atoms with Gasteiger partial charge in [0.1, 0.15) is 36.9 Å². The van der Waals surface area contributed by atoms with Crippen LogP contribution < -0.4 is 9.47 Å². The van der Waals surface area contributed by atoms with Crippen molar-refractivity contribution >= 4 is 21.8 Å². The van der Waals surface area contributed by atoms with Crippen molar-refractivity contribution in [1.82, 2.24) is 0 Å². The van der Waals surface area contributed by atoms with E-state index in [-0.39, 0.29) is 23.0 Å². The Hall–Kier alpha value is -3.59. The molecular weight excluding hydrogens is 472 g/mol. The van der Waals surface area contributed by atoms with Gasteiger partial charge in [0.05, 0.1) is 9.79 Å². The SMILES string of the molecule is C=C(C)C(=O)OC(C)COc1ccc(S(=O)(=O)c2ccc(OCC(C)OC(=O)C(=C)C)cc2)cc1. The van der Waals surface area contributed by atoms with Crippen LogP contribution >= 0.6 is 0 Å². The second-order valence-corrected chi connectivity index (χ2v) is 10.0. The molecule has 0 N–H and O–H groups in total. The minimum absolute atomic E-state index is 0.0978. The van der Waals surface area contributed by atoms with Crippen LogP contribution in [-0.2, 0) is 28.9 Å².